The van der Waals surface area contributed by atoms with Gasteiger partial charge in [0, 0.05) is 19.1 Å². The molecule has 17 heavy (non-hydrogen) atoms. The van der Waals surface area contributed by atoms with Gasteiger partial charge in [-0.2, -0.15) is 0 Å². The minimum Gasteiger partial charge on any atom is -0.392 e. The van der Waals surface area contributed by atoms with Gasteiger partial charge in [-0.15, -0.1) is 0 Å². The summed E-state index contributed by atoms with van der Waals surface area (Å²) in [5, 5.41) is 4.88. The zero-order valence-electron chi connectivity index (χ0n) is 9.69. The Kier molecular flexibility index (Phi) is 5.30. The average Bonchev–Trinajstić information content (AvgIpc) is 2.68. The van der Waals surface area contributed by atoms with Crippen LogP contribution in [0.15, 0.2) is 0 Å². The SMILES string of the molecule is CC1OCCC1CNC(=O)C(=O)NCC(N)=S. The smallest absolute Gasteiger partial charge is 0.309 e. The van der Waals surface area contributed by atoms with Crippen LogP contribution in [0.3, 0.4) is 0 Å². The van der Waals surface area contributed by atoms with E-state index in [0.29, 0.717) is 13.2 Å². The number of carbonyl (C=O) groups excluding carboxylic acids is 2. The minimum absolute atomic E-state index is 0.0323. The summed E-state index contributed by atoms with van der Waals surface area (Å²) in [7, 11) is 0. The molecule has 0 spiro atoms. The van der Waals surface area contributed by atoms with E-state index in [2.05, 4.69) is 22.9 Å². The predicted molar refractivity (Wildman–Crippen MR) is 66.3 cm³/mol. The fourth-order valence-corrected chi connectivity index (χ4v) is 1.67. The second-order valence-electron chi connectivity index (χ2n) is 3.98. The Morgan fingerprint density at radius 3 is 2.59 bits per heavy atom. The Labute approximate surface area is 105 Å². The lowest BCUT2D eigenvalue weighted by atomic mass is 10.0. The Bertz CT molecular complexity index is 322. The molecule has 2 amide bonds. The van der Waals surface area contributed by atoms with Crippen molar-refractivity contribution in [1.82, 2.24) is 10.6 Å². The van der Waals surface area contributed by atoms with E-state index in [4.69, 9.17) is 10.5 Å². The van der Waals surface area contributed by atoms with Gasteiger partial charge in [0.1, 0.15) is 0 Å². The first kappa shape index (κ1) is 13.9. The molecule has 0 aliphatic carbocycles. The summed E-state index contributed by atoms with van der Waals surface area (Å²) in [6, 6.07) is 0. The molecular formula is C10H17N3O3S. The highest BCUT2D eigenvalue weighted by Gasteiger charge is 2.25. The lowest BCUT2D eigenvalue weighted by Gasteiger charge is -2.14. The van der Waals surface area contributed by atoms with Gasteiger partial charge in [-0.1, -0.05) is 12.2 Å². The van der Waals surface area contributed by atoms with Gasteiger partial charge >= 0.3 is 11.8 Å². The Morgan fingerprint density at radius 1 is 1.41 bits per heavy atom. The average molecular weight is 259 g/mol. The molecule has 0 saturated carbocycles. The number of amides is 2. The van der Waals surface area contributed by atoms with Crippen molar-refractivity contribution >= 4 is 29.0 Å². The van der Waals surface area contributed by atoms with E-state index >= 15 is 0 Å². The van der Waals surface area contributed by atoms with Gasteiger partial charge in [-0.25, -0.2) is 0 Å². The van der Waals surface area contributed by atoms with E-state index in [9.17, 15) is 9.59 Å². The highest BCUT2D eigenvalue weighted by Crippen LogP contribution is 2.18. The van der Waals surface area contributed by atoms with Crippen molar-refractivity contribution < 1.29 is 14.3 Å². The fraction of sp³-hybridized carbons (Fsp3) is 0.700. The monoisotopic (exact) mass is 259 g/mol. The number of nitrogens with one attached hydrogen (secondary N) is 2. The Morgan fingerprint density at radius 2 is 2.06 bits per heavy atom. The number of ether oxygens (including phenoxy) is 1. The molecule has 4 N–H and O–H groups in total. The van der Waals surface area contributed by atoms with Crippen molar-refractivity contribution in [2.24, 2.45) is 11.7 Å². The maximum absolute atomic E-state index is 11.4. The molecule has 1 aliphatic heterocycles. The minimum atomic E-state index is -0.718. The van der Waals surface area contributed by atoms with Gasteiger partial charge in [0.15, 0.2) is 0 Å². The second kappa shape index (κ2) is 6.51. The van der Waals surface area contributed by atoms with Crippen LogP contribution in [0.4, 0.5) is 0 Å². The highest BCUT2D eigenvalue weighted by molar-refractivity contribution is 7.80. The molecule has 0 aromatic carbocycles. The number of rotatable bonds is 4. The molecule has 1 heterocycles. The molecule has 1 fully saturated rings. The van der Waals surface area contributed by atoms with E-state index in [1.54, 1.807) is 0 Å². The third kappa shape index (κ3) is 4.66. The number of thiocarbonyl (C=S) groups is 1. The van der Waals surface area contributed by atoms with Crippen LogP contribution in [-0.2, 0) is 14.3 Å². The lowest BCUT2D eigenvalue weighted by molar-refractivity contribution is -0.139. The van der Waals surface area contributed by atoms with Crippen molar-refractivity contribution in [1.29, 1.82) is 0 Å². The van der Waals surface area contributed by atoms with Gasteiger partial charge in [0.25, 0.3) is 0 Å². The molecule has 1 saturated heterocycles. The molecule has 96 valence electrons. The van der Waals surface area contributed by atoms with Crippen LogP contribution in [0.1, 0.15) is 13.3 Å². The van der Waals surface area contributed by atoms with Gasteiger partial charge in [0.05, 0.1) is 17.6 Å². The molecule has 7 heteroatoms. The standard InChI is InChI=1S/C10H17N3O3S/c1-6-7(2-3-16-6)4-12-9(14)10(15)13-5-8(11)17/h6-7H,2-5H2,1H3,(H2,11,17)(H,12,14)(H,13,15). The Hall–Kier alpha value is -1.21. The van der Waals surface area contributed by atoms with Crippen molar-refractivity contribution in [2.75, 3.05) is 19.7 Å². The maximum atomic E-state index is 11.4. The summed E-state index contributed by atoms with van der Waals surface area (Å²) < 4.78 is 5.35. The zero-order valence-corrected chi connectivity index (χ0v) is 10.5. The quantitative estimate of drug-likeness (QED) is 0.441. The van der Waals surface area contributed by atoms with Crippen LogP contribution in [-0.4, -0.2) is 42.6 Å². The van der Waals surface area contributed by atoms with Crippen LogP contribution in [0.25, 0.3) is 0 Å². The molecule has 0 aromatic heterocycles. The largest absolute Gasteiger partial charge is 0.392 e. The fourth-order valence-electron chi connectivity index (χ4n) is 1.60. The van der Waals surface area contributed by atoms with Crippen molar-refractivity contribution in [3.63, 3.8) is 0 Å². The topological polar surface area (TPSA) is 93.4 Å². The van der Waals surface area contributed by atoms with E-state index in [1.807, 2.05) is 6.92 Å². The highest BCUT2D eigenvalue weighted by atomic mass is 32.1. The number of hydrogen-bond donors (Lipinski definition) is 3. The van der Waals surface area contributed by atoms with Gasteiger partial charge in [0.2, 0.25) is 0 Å². The molecule has 0 bridgehead atoms. The van der Waals surface area contributed by atoms with Crippen molar-refractivity contribution in [2.45, 2.75) is 19.4 Å². The third-order valence-electron chi connectivity index (χ3n) is 2.69. The van der Waals surface area contributed by atoms with Gasteiger partial charge in [-0.3, -0.25) is 9.59 Å². The number of nitrogens with two attached hydrogens (primary N) is 1. The molecule has 1 rings (SSSR count). The van der Waals surface area contributed by atoms with Gasteiger partial charge < -0.3 is 21.1 Å². The van der Waals surface area contributed by atoms with E-state index in [1.165, 1.54) is 0 Å². The molecule has 0 aromatic rings. The molecule has 1 aliphatic rings. The molecule has 0 radical (unpaired) electrons. The van der Waals surface area contributed by atoms with Crippen molar-refractivity contribution in [3.05, 3.63) is 0 Å². The molecule has 6 nitrogen and oxygen atoms in total. The lowest BCUT2D eigenvalue weighted by Crippen LogP contribution is -2.44. The second-order valence-corrected chi connectivity index (χ2v) is 4.51. The summed E-state index contributed by atoms with van der Waals surface area (Å²) in [5.74, 6) is -1.12. The van der Waals surface area contributed by atoms with Crippen LogP contribution >= 0.6 is 12.2 Å². The molecule has 2 atom stereocenters. The van der Waals surface area contributed by atoms with E-state index in [0.717, 1.165) is 6.42 Å². The molecular weight excluding hydrogens is 242 g/mol. The normalized spacial score (nSPS) is 23.1. The zero-order chi connectivity index (χ0) is 12.8. The number of carbonyl (C=O) groups is 2. The van der Waals surface area contributed by atoms with E-state index in [-0.39, 0.29) is 23.6 Å². The van der Waals surface area contributed by atoms with E-state index < -0.39 is 11.8 Å². The van der Waals surface area contributed by atoms with Crippen LogP contribution in [0, 0.1) is 5.92 Å². The van der Waals surface area contributed by atoms with Crippen molar-refractivity contribution in [3.8, 4) is 0 Å². The summed E-state index contributed by atoms with van der Waals surface area (Å²) in [6.07, 6.45) is 1.02. The first-order valence-corrected chi connectivity index (χ1v) is 5.87. The molecule has 2 unspecified atom stereocenters. The summed E-state index contributed by atoms with van der Waals surface area (Å²) in [4.78, 5) is 22.8. The first-order chi connectivity index (χ1) is 8.00. The summed E-state index contributed by atoms with van der Waals surface area (Å²) in [5.41, 5.74) is 5.20. The van der Waals surface area contributed by atoms with Gasteiger partial charge in [-0.05, 0) is 13.3 Å². The Balaban J connectivity index is 2.24. The van der Waals surface area contributed by atoms with Crippen LogP contribution < -0.4 is 16.4 Å². The van der Waals surface area contributed by atoms with Crippen LogP contribution in [0.2, 0.25) is 0 Å². The third-order valence-corrected chi connectivity index (χ3v) is 2.83. The summed E-state index contributed by atoms with van der Waals surface area (Å²) in [6.45, 7) is 3.14. The number of hydrogen-bond acceptors (Lipinski definition) is 4. The first-order valence-electron chi connectivity index (χ1n) is 5.46. The predicted octanol–water partition coefficient (Wildman–Crippen LogP) is -1.07. The van der Waals surface area contributed by atoms with Crippen LogP contribution in [0.5, 0.6) is 0 Å². The maximum Gasteiger partial charge on any atom is 0.309 e. The summed E-state index contributed by atoms with van der Waals surface area (Å²) >= 11 is 4.58.